The Kier molecular flexibility index (Phi) is 4.99. The number of aromatic hydroxyl groups is 2. The normalized spacial score (nSPS) is 9.78. The van der Waals surface area contributed by atoms with Gasteiger partial charge in [-0.15, -0.1) is 0 Å². The summed E-state index contributed by atoms with van der Waals surface area (Å²) in [6.07, 6.45) is 1.27. The van der Waals surface area contributed by atoms with Crippen LogP contribution in [0.15, 0.2) is 60.6 Å². The van der Waals surface area contributed by atoms with Gasteiger partial charge in [0.05, 0.1) is 0 Å². The minimum atomic E-state index is -0.874. The van der Waals surface area contributed by atoms with E-state index in [1.165, 1.54) is 37.3 Å². The van der Waals surface area contributed by atoms with E-state index < -0.39 is 11.9 Å². The molecular weight excluding hydrogens is 300 g/mol. The molecule has 6 nitrogen and oxygen atoms in total. The minimum absolute atomic E-state index is 0.0644. The van der Waals surface area contributed by atoms with Crippen LogP contribution in [0, 0.1) is 0 Å². The summed E-state index contributed by atoms with van der Waals surface area (Å²) in [6.45, 7) is 1.51. The van der Waals surface area contributed by atoms with Gasteiger partial charge in [-0.05, 0) is 37.3 Å². The molecular formula is C17H14O6. The fourth-order valence-corrected chi connectivity index (χ4v) is 1.72. The SMILES string of the molecule is CC=C(OC(=O)c1ccccc1O)OC(=O)c1ccccc1O. The first-order chi connectivity index (χ1) is 11.0. The number of para-hydroxylation sites is 2. The predicted molar refractivity (Wildman–Crippen MR) is 80.8 cm³/mol. The van der Waals surface area contributed by atoms with Crippen molar-refractivity contribution in [3.05, 3.63) is 71.7 Å². The molecule has 0 aliphatic carbocycles. The van der Waals surface area contributed by atoms with Gasteiger partial charge in [-0.25, -0.2) is 9.59 Å². The van der Waals surface area contributed by atoms with Gasteiger partial charge in [0.1, 0.15) is 22.6 Å². The second kappa shape index (κ2) is 7.13. The number of carbonyl (C=O) groups is 2. The van der Waals surface area contributed by atoms with Crippen LogP contribution < -0.4 is 0 Å². The maximum Gasteiger partial charge on any atom is 0.349 e. The number of allylic oxidation sites excluding steroid dienone is 1. The number of ether oxygens (including phenoxy) is 2. The largest absolute Gasteiger partial charge is 0.507 e. The second-order valence-electron chi connectivity index (χ2n) is 4.42. The number of phenols is 2. The predicted octanol–water partition coefficient (Wildman–Crippen LogP) is 2.97. The monoisotopic (exact) mass is 314 g/mol. The Hall–Kier alpha value is -3.28. The first kappa shape index (κ1) is 16.1. The minimum Gasteiger partial charge on any atom is -0.507 e. The lowest BCUT2D eigenvalue weighted by molar-refractivity contribution is 0.0230. The average molecular weight is 314 g/mol. The van der Waals surface area contributed by atoms with Gasteiger partial charge in [0, 0.05) is 0 Å². The van der Waals surface area contributed by atoms with Crippen molar-refractivity contribution in [2.75, 3.05) is 0 Å². The molecule has 2 N–H and O–H groups in total. The molecule has 0 aliphatic rings. The van der Waals surface area contributed by atoms with Crippen molar-refractivity contribution in [2.24, 2.45) is 0 Å². The van der Waals surface area contributed by atoms with E-state index in [4.69, 9.17) is 9.47 Å². The topological polar surface area (TPSA) is 93.1 Å². The van der Waals surface area contributed by atoms with Gasteiger partial charge in [-0.3, -0.25) is 0 Å². The standard InChI is InChI=1S/C17H14O6/c1-2-15(22-16(20)11-7-3-5-9-13(11)18)23-17(21)12-8-4-6-10-14(12)19/h2-10,18-19H,1H3. The lowest BCUT2D eigenvalue weighted by Gasteiger charge is -2.10. The molecule has 0 bridgehead atoms. The third kappa shape index (κ3) is 3.88. The Morgan fingerprint density at radius 3 is 1.57 bits per heavy atom. The number of hydrogen-bond acceptors (Lipinski definition) is 6. The lowest BCUT2D eigenvalue weighted by Crippen LogP contribution is -2.12. The molecule has 0 atom stereocenters. The highest BCUT2D eigenvalue weighted by molar-refractivity contribution is 5.94. The number of carbonyl (C=O) groups excluding carboxylic acids is 2. The Balaban J connectivity index is 2.10. The van der Waals surface area contributed by atoms with E-state index in [1.807, 2.05) is 0 Å². The Morgan fingerprint density at radius 1 is 0.826 bits per heavy atom. The summed E-state index contributed by atoms with van der Waals surface area (Å²) in [5.74, 6) is -2.60. The second-order valence-corrected chi connectivity index (χ2v) is 4.42. The molecule has 0 radical (unpaired) electrons. The zero-order valence-electron chi connectivity index (χ0n) is 12.2. The highest BCUT2D eigenvalue weighted by atomic mass is 16.7. The van der Waals surface area contributed by atoms with Crippen molar-refractivity contribution in [1.29, 1.82) is 0 Å². The average Bonchev–Trinajstić information content (AvgIpc) is 2.54. The molecule has 23 heavy (non-hydrogen) atoms. The lowest BCUT2D eigenvalue weighted by atomic mass is 10.2. The van der Waals surface area contributed by atoms with E-state index in [-0.39, 0.29) is 28.6 Å². The summed E-state index contributed by atoms with van der Waals surface area (Å²) in [5.41, 5.74) is -0.129. The molecule has 118 valence electrons. The molecule has 0 saturated carbocycles. The smallest absolute Gasteiger partial charge is 0.349 e. The number of rotatable bonds is 4. The van der Waals surface area contributed by atoms with Crippen LogP contribution in [0.4, 0.5) is 0 Å². The number of benzene rings is 2. The molecule has 0 saturated heterocycles. The van der Waals surface area contributed by atoms with Crippen LogP contribution >= 0.6 is 0 Å². The van der Waals surface area contributed by atoms with Crippen LogP contribution in [0.3, 0.4) is 0 Å². The van der Waals surface area contributed by atoms with Crippen molar-refractivity contribution in [2.45, 2.75) is 6.92 Å². The summed E-state index contributed by atoms with van der Waals surface area (Å²) < 4.78 is 9.87. The summed E-state index contributed by atoms with van der Waals surface area (Å²) in [6, 6.07) is 11.6. The molecule has 6 heteroatoms. The van der Waals surface area contributed by atoms with Gasteiger partial charge >= 0.3 is 11.9 Å². The van der Waals surface area contributed by atoms with E-state index in [9.17, 15) is 19.8 Å². The molecule has 0 amide bonds. The van der Waals surface area contributed by atoms with E-state index in [2.05, 4.69) is 0 Å². The van der Waals surface area contributed by atoms with Crippen LogP contribution in [0.5, 0.6) is 11.5 Å². The van der Waals surface area contributed by atoms with Gasteiger partial charge in [-0.1, -0.05) is 24.3 Å². The zero-order chi connectivity index (χ0) is 16.8. The van der Waals surface area contributed by atoms with Gasteiger partial charge in [0.2, 0.25) is 0 Å². The Bertz CT molecular complexity index is 702. The quantitative estimate of drug-likeness (QED) is 0.665. The third-order valence-electron chi connectivity index (χ3n) is 2.87. The maximum atomic E-state index is 12.0. The summed E-state index contributed by atoms with van der Waals surface area (Å²) in [5, 5.41) is 19.2. The van der Waals surface area contributed by atoms with Crippen LogP contribution in [-0.4, -0.2) is 22.2 Å². The molecule has 0 aliphatic heterocycles. The molecule has 0 fully saturated rings. The van der Waals surface area contributed by atoms with Crippen LogP contribution in [0.25, 0.3) is 0 Å². The number of esters is 2. The fourth-order valence-electron chi connectivity index (χ4n) is 1.72. The fraction of sp³-hybridized carbons (Fsp3) is 0.0588. The maximum absolute atomic E-state index is 12.0. The van der Waals surface area contributed by atoms with Crippen LogP contribution in [0.2, 0.25) is 0 Å². The highest BCUT2D eigenvalue weighted by Crippen LogP contribution is 2.21. The Labute approximate surface area is 132 Å². The summed E-state index contributed by atoms with van der Waals surface area (Å²) >= 11 is 0. The van der Waals surface area contributed by atoms with Crippen LogP contribution in [-0.2, 0) is 9.47 Å². The number of hydrogen-bond donors (Lipinski definition) is 2. The number of phenolic OH excluding ortho intramolecular Hbond substituents is 2. The van der Waals surface area contributed by atoms with Gasteiger partial charge in [-0.2, -0.15) is 0 Å². The van der Waals surface area contributed by atoms with E-state index >= 15 is 0 Å². The van der Waals surface area contributed by atoms with Crippen molar-refractivity contribution >= 4 is 11.9 Å². The summed E-state index contributed by atoms with van der Waals surface area (Å²) in [7, 11) is 0. The highest BCUT2D eigenvalue weighted by Gasteiger charge is 2.19. The Morgan fingerprint density at radius 2 is 1.22 bits per heavy atom. The van der Waals surface area contributed by atoms with Crippen molar-refractivity contribution in [3.63, 3.8) is 0 Å². The first-order valence-corrected chi connectivity index (χ1v) is 6.69. The van der Waals surface area contributed by atoms with Gasteiger partial charge in [0.15, 0.2) is 0 Å². The van der Waals surface area contributed by atoms with Crippen LogP contribution in [0.1, 0.15) is 27.6 Å². The molecule has 0 spiro atoms. The molecule has 0 aromatic heterocycles. The molecule has 0 heterocycles. The summed E-state index contributed by atoms with van der Waals surface area (Å²) in [4.78, 5) is 23.9. The van der Waals surface area contributed by atoms with E-state index in [0.29, 0.717) is 0 Å². The van der Waals surface area contributed by atoms with E-state index in [1.54, 1.807) is 24.3 Å². The first-order valence-electron chi connectivity index (χ1n) is 6.69. The molecule has 2 rings (SSSR count). The van der Waals surface area contributed by atoms with Gasteiger partial charge in [0.25, 0.3) is 5.95 Å². The zero-order valence-corrected chi connectivity index (χ0v) is 12.2. The molecule has 0 unspecified atom stereocenters. The van der Waals surface area contributed by atoms with Crippen molar-refractivity contribution < 1.29 is 29.3 Å². The van der Waals surface area contributed by atoms with E-state index in [0.717, 1.165) is 0 Å². The molecule has 2 aromatic carbocycles. The van der Waals surface area contributed by atoms with Crippen molar-refractivity contribution in [3.8, 4) is 11.5 Å². The molecule has 2 aromatic rings. The van der Waals surface area contributed by atoms with Crippen molar-refractivity contribution in [1.82, 2.24) is 0 Å². The van der Waals surface area contributed by atoms with Gasteiger partial charge < -0.3 is 19.7 Å². The third-order valence-corrected chi connectivity index (χ3v) is 2.87.